The Hall–Kier alpha value is 2.55. The van der Waals surface area contributed by atoms with Gasteiger partial charge in [-0.25, -0.2) is 0 Å². The van der Waals surface area contributed by atoms with E-state index in [4.69, 9.17) is 0 Å². The third-order valence-corrected chi connectivity index (χ3v) is 0. The Balaban J connectivity index is 0. The van der Waals surface area contributed by atoms with E-state index in [9.17, 15) is 0 Å². The molecule has 0 bridgehead atoms. The van der Waals surface area contributed by atoms with E-state index in [1.165, 1.54) is 0 Å². The summed E-state index contributed by atoms with van der Waals surface area (Å²) in [7, 11) is 0. The Morgan fingerprint density at radius 2 is 1.00 bits per heavy atom. The first-order chi connectivity index (χ1) is 0. The van der Waals surface area contributed by atoms with Crippen LogP contribution in [0.1, 0.15) is 0 Å². The van der Waals surface area contributed by atoms with Crippen LogP contribution in [0.4, 0.5) is 0 Å². The van der Waals surface area contributed by atoms with Gasteiger partial charge < -0.3 is 0 Å². The molecule has 5 radical (unpaired) electrons. The summed E-state index contributed by atoms with van der Waals surface area (Å²) >= 11 is 0. The Morgan fingerprint density at radius 3 is 1.00 bits per heavy atom. The van der Waals surface area contributed by atoms with Crippen LogP contribution >= 0.6 is 0 Å². The van der Waals surface area contributed by atoms with Crippen LogP contribution in [0, 0.1) is 0 Å². The minimum absolute atomic E-state index is 0. The Labute approximate surface area is 78.6 Å². The summed E-state index contributed by atoms with van der Waals surface area (Å²) in [6, 6.07) is 0. The first-order valence-electron chi connectivity index (χ1n) is 0. The van der Waals surface area contributed by atoms with Crippen LogP contribution in [-0.2, 0) is 55.9 Å². The van der Waals surface area contributed by atoms with Crippen molar-refractivity contribution in [2.45, 2.75) is 0 Å². The Kier molecular flexibility index (Phi) is 137. The third-order valence-electron chi connectivity index (χ3n) is 0. The zero-order valence-electron chi connectivity index (χ0n) is 1.66. The van der Waals surface area contributed by atoms with Gasteiger partial charge >= 0.3 is 0 Å². The van der Waals surface area contributed by atoms with Gasteiger partial charge in [-0.3, -0.25) is 0 Å². The molecule has 4 heteroatoms. The maximum Gasteiger partial charge on any atom is 0 e. The van der Waals surface area contributed by atoms with Crippen LogP contribution < -0.4 is 0 Å². The molecule has 0 heterocycles. The fraction of sp³-hybridized carbons (Fsp3) is 0. The average molecular weight is 286 g/mol. The molecule has 0 aromatic heterocycles. The minimum atomic E-state index is 0. The van der Waals surface area contributed by atoms with E-state index in [0.717, 1.165) is 0 Å². The summed E-state index contributed by atoms with van der Waals surface area (Å²) in [6.45, 7) is 0. The van der Waals surface area contributed by atoms with Gasteiger partial charge in [0.15, 0.2) is 0 Å². The van der Waals surface area contributed by atoms with Crippen LogP contribution in [0.5, 0.6) is 0 Å². The SMILES string of the molecule is [Cu].[Fe].[Sn].[Ti]. The van der Waals surface area contributed by atoms with Gasteiger partial charge in [0.25, 0.3) is 0 Å². The fourth-order valence-electron chi connectivity index (χ4n) is 0. The molecule has 0 fully saturated rings. The summed E-state index contributed by atoms with van der Waals surface area (Å²) in [6.07, 6.45) is 0. The number of rotatable bonds is 0. The molecule has 0 unspecified atom stereocenters. The van der Waals surface area contributed by atoms with Gasteiger partial charge in [0.1, 0.15) is 0 Å². The van der Waals surface area contributed by atoms with Crippen LogP contribution in [0.15, 0.2) is 0 Å². The molecular formula is CuFeSnTi. The minimum Gasteiger partial charge on any atom is 0 e. The smallest absolute Gasteiger partial charge is 0 e. The zero-order valence-corrected chi connectivity index (χ0v) is 8.12. The first kappa shape index (κ1) is 31.0. The standard InChI is InChI=1S/Cu.Fe.Sn.Ti. The van der Waals surface area contributed by atoms with Gasteiger partial charge in [-0.1, -0.05) is 0 Å². The summed E-state index contributed by atoms with van der Waals surface area (Å²) in [5.74, 6) is 0. The molecule has 0 nitrogen and oxygen atoms in total. The van der Waals surface area contributed by atoms with Crippen molar-refractivity contribution in [2.75, 3.05) is 0 Å². The maximum atomic E-state index is 0. The largest absolute Gasteiger partial charge is 0 e. The molecule has 0 aromatic rings. The van der Waals surface area contributed by atoms with E-state index in [-0.39, 0.29) is 79.8 Å². The molecule has 0 spiro atoms. The van der Waals surface area contributed by atoms with Gasteiger partial charge in [0.2, 0.25) is 0 Å². The number of hydrogen-bond acceptors (Lipinski definition) is 0. The number of hydrogen-bond donors (Lipinski definition) is 0. The van der Waals surface area contributed by atoms with E-state index in [1.54, 1.807) is 0 Å². The predicted molar refractivity (Wildman–Crippen MR) is 5.75 cm³/mol. The topological polar surface area (TPSA) is 0 Å². The van der Waals surface area contributed by atoms with Crippen molar-refractivity contribution in [2.24, 2.45) is 0 Å². The predicted octanol–water partition coefficient (Wildman–Crippen LogP) is -0.388. The molecule has 4 heavy (non-hydrogen) atoms. The molecule has 0 saturated heterocycles. The summed E-state index contributed by atoms with van der Waals surface area (Å²) in [4.78, 5) is 0. The molecule has 0 amide bonds. The molecule has 0 aliphatic heterocycles. The van der Waals surface area contributed by atoms with Crippen LogP contribution in [0.3, 0.4) is 0 Å². The molecule has 0 aliphatic rings. The van der Waals surface area contributed by atoms with Crippen molar-refractivity contribution in [3.8, 4) is 0 Å². The van der Waals surface area contributed by atoms with Crippen LogP contribution in [-0.4, -0.2) is 23.9 Å². The summed E-state index contributed by atoms with van der Waals surface area (Å²) < 4.78 is 0. The van der Waals surface area contributed by atoms with E-state index in [2.05, 4.69) is 0 Å². The van der Waals surface area contributed by atoms with Crippen LogP contribution in [0.2, 0.25) is 0 Å². The Bertz CT molecular complexity index is 8.00. The van der Waals surface area contributed by atoms with Gasteiger partial charge in [-0.05, 0) is 0 Å². The Morgan fingerprint density at radius 1 is 1.00 bits per heavy atom. The maximum absolute atomic E-state index is 0. The van der Waals surface area contributed by atoms with Gasteiger partial charge in [0, 0.05) is 79.8 Å². The van der Waals surface area contributed by atoms with Crippen molar-refractivity contribution in [1.29, 1.82) is 0 Å². The van der Waals surface area contributed by atoms with E-state index in [0.29, 0.717) is 0 Å². The second-order valence-electron chi connectivity index (χ2n) is 0. The monoisotopic (exact) mass is 287 g/mol. The van der Waals surface area contributed by atoms with Crippen molar-refractivity contribution in [3.05, 3.63) is 0 Å². The van der Waals surface area contributed by atoms with Crippen molar-refractivity contribution < 1.29 is 55.9 Å². The second kappa shape index (κ2) is 17.7. The van der Waals surface area contributed by atoms with E-state index >= 15 is 0 Å². The quantitative estimate of drug-likeness (QED) is 0.532. The molecule has 0 saturated carbocycles. The summed E-state index contributed by atoms with van der Waals surface area (Å²) in [5.41, 5.74) is 0. The van der Waals surface area contributed by atoms with Crippen molar-refractivity contribution >= 4 is 23.9 Å². The first-order valence-corrected chi connectivity index (χ1v) is 0. The van der Waals surface area contributed by atoms with Crippen LogP contribution in [0.25, 0.3) is 0 Å². The summed E-state index contributed by atoms with van der Waals surface area (Å²) in [5, 5.41) is 0. The molecule has 0 N–H and O–H groups in total. The molecule has 0 rings (SSSR count). The van der Waals surface area contributed by atoms with Crippen molar-refractivity contribution in [1.82, 2.24) is 0 Å². The molecule has 0 atom stereocenters. The normalized spacial score (nSPS) is 0. The van der Waals surface area contributed by atoms with Gasteiger partial charge in [-0.15, -0.1) is 0 Å². The third kappa shape index (κ3) is 8.82. The second-order valence-corrected chi connectivity index (χ2v) is 0. The molecule has 0 aliphatic carbocycles. The van der Waals surface area contributed by atoms with E-state index in [1.807, 2.05) is 0 Å². The molecular weight excluding hydrogens is 286 g/mol. The van der Waals surface area contributed by atoms with Gasteiger partial charge in [0.05, 0.1) is 0 Å². The molecule has 27 valence electrons. The van der Waals surface area contributed by atoms with E-state index < -0.39 is 0 Å². The van der Waals surface area contributed by atoms with Crippen molar-refractivity contribution in [3.63, 3.8) is 0 Å². The zero-order chi connectivity index (χ0) is 0. The molecule has 0 aromatic carbocycles. The fourth-order valence-corrected chi connectivity index (χ4v) is 0. The average Bonchev–Trinajstić information content (AvgIpc) is 0. The van der Waals surface area contributed by atoms with Gasteiger partial charge in [-0.2, -0.15) is 0 Å².